The van der Waals surface area contributed by atoms with Gasteiger partial charge in [0.15, 0.2) is 9.84 Å². The quantitative estimate of drug-likeness (QED) is 0.753. The van der Waals surface area contributed by atoms with Gasteiger partial charge in [-0.1, -0.05) is 12.1 Å². The molecule has 1 fully saturated rings. The summed E-state index contributed by atoms with van der Waals surface area (Å²) in [6.07, 6.45) is 2.17. The topological polar surface area (TPSA) is 80.8 Å². The Labute approximate surface area is 158 Å². The molecule has 2 aromatic rings. The van der Waals surface area contributed by atoms with Crippen LogP contribution in [0.15, 0.2) is 52.3 Å². The SMILES string of the molecule is COc1ccc([C@H]2CCCN2S(=O)(=O)c2ccc(F)c(S(C)(=O)=O)c2)cc1. The number of sulfone groups is 1. The molecule has 0 saturated carbocycles. The molecule has 0 aromatic heterocycles. The lowest BCUT2D eigenvalue weighted by atomic mass is 10.1. The van der Waals surface area contributed by atoms with Crippen molar-refractivity contribution in [3.63, 3.8) is 0 Å². The number of hydrogen-bond acceptors (Lipinski definition) is 5. The molecule has 0 N–H and O–H groups in total. The summed E-state index contributed by atoms with van der Waals surface area (Å²) < 4.78 is 70.0. The average molecular weight is 413 g/mol. The maximum absolute atomic E-state index is 13.8. The molecule has 0 bridgehead atoms. The highest BCUT2D eigenvalue weighted by atomic mass is 32.2. The fourth-order valence-corrected chi connectivity index (χ4v) is 5.80. The van der Waals surface area contributed by atoms with Crippen molar-refractivity contribution in [1.82, 2.24) is 4.31 Å². The van der Waals surface area contributed by atoms with E-state index in [-0.39, 0.29) is 10.9 Å². The molecule has 0 spiro atoms. The van der Waals surface area contributed by atoms with E-state index in [0.717, 1.165) is 30.0 Å². The Balaban J connectivity index is 2.00. The van der Waals surface area contributed by atoms with Crippen molar-refractivity contribution in [3.05, 3.63) is 53.8 Å². The molecule has 0 unspecified atom stereocenters. The van der Waals surface area contributed by atoms with Gasteiger partial charge in [-0.25, -0.2) is 21.2 Å². The Morgan fingerprint density at radius 2 is 1.74 bits per heavy atom. The third kappa shape index (κ3) is 3.85. The maximum atomic E-state index is 13.8. The molecular weight excluding hydrogens is 393 g/mol. The second-order valence-corrected chi connectivity index (χ2v) is 10.3. The lowest BCUT2D eigenvalue weighted by molar-refractivity contribution is 0.394. The molecule has 0 amide bonds. The summed E-state index contributed by atoms with van der Waals surface area (Å²) in [5.74, 6) is -0.299. The van der Waals surface area contributed by atoms with Crippen LogP contribution in [0.2, 0.25) is 0 Å². The Bertz CT molecular complexity index is 1050. The molecule has 3 rings (SSSR count). The zero-order chi connectivity index (χ0) is 19.8. The van der Waals surface area contributed by atoms with Crippen LogP contribution >= 0.6 is 0 Å². The molecule has 1 heterocycles. The maximum Gasteiger partial charge on any atom is 0.243 e. The van der Waals surface area contributed by atoms with Crippen LogP contribution in [0, 0.1) is 5.82 Å². The number of hydrogen-bond donors (Lipinski definition) is 0. The van der Waals surface area contributed by atoms with Gasteiger partial charge in [0.2, 0.25) is 10.0 Å². The average Bonchev–Trinajstić information content (AvgIpc) is 3.11. The summed E-state index contributed by atoms with van der Waals surface area (Å²) >= 11 is 0. The van der Waals surface area contributed by atoms with Crippen LogP contribution in [-0.2, 0) is 19.9 Å². The first kappa shape index (κ1) is 19.8. The zero-order valence-corrected chi connectivity index (χ0v) is 16.6. The van der Waals surface area contributed by atoms with Gasteiger partial charge < -0.3 is 4.74 Å². The Kier molecular flexibility index (Phi) is 5.29. The second-order valence-electron chi connectivity index (χ2n) is 6.41. The van der Waals surface area contributed by atoms with E-state index in [1.165, 1.54) is 4.31 Å². The van der Waals surface area contributed by atoms with Crippen LogP contribution in [0.25, 0.3) is 0 Å². The van der Waals surface area contributed by atoms with Gasteiger partial charge >= 0.3 is 0 Å². The minimum absolute atomic E-state index is 0.232. The van der Waals surface area contributed by atoms with E-state index in [9.17, 15) is 21.2 Å². The Morgan fingerprint density at radius 3 is 2.33 bits per heavy atom. The van der Waals surface area contributed by atoms with E-state index in [1.54, 1.807) is 19.2 Å². The monoisotopic (exact) mass is 413 g/mol. The van der Waals surface area contributed by atoms with E-state index in [4.69, 9.17) is 4.74 Å². The van der Waals surface area contributed by atoms with Crippen molar-refractivity contribution >= 4 is 19.9 Å². The molecule has 1 atom stereocenters. The van der Waals surface area contributed by atoms with Crippen molar-refractivity contribution in [1.29, 1.82) is 0 Å². The fourth-order valence-electron chi connectivity index (χ4n) is 3.25. The summed E-state index contributed by atoms with van der Waals surface area (Å²) in [6, 6.07) is 9.64. The van der Waals surface area contributed by atoms with Crippen LogP contribution < -0.4 is 4.74 Å². The summed E-state index contributed by atoms with van der Waals surface area (Å²) in [6.45, 7) is 0.310. The van der Waals surface area contributed by atoms with Gasteiger partial charge in [0, 0.05) is 12.8 Å². The summed E-state index contributed by atoms with van der Waals surface area (Å²) in [7, 11) is -6.31. The predicted molar refractivity (Wildman–Crippen MR) is 98.4 cm³/mol. The summed E-state index contributed by atoms with van der Waals surface area (Å²) in [4.78, 5) is -0.853. The third-order valence-electron chi connectivity index (χ3n) is 4.61. The normalized spacial score (nSPS) is 18.6. The van der Waals surface area contributed by atoms with Crippen molar-refractivity contribution in [2.45, 2.75) is 28.7 Å². The molecule has 146 valence electrons. The van der Waals surface area contributed by atoms with Gasteiger partial charge in [0.05, 0.1) is 18.0 Å². The van der Waals surface area contributed by atoms with Gasteiger partial charge in [0.1, 0.15) is 16.5 Å². The largest absolute Gasteiger partial charge is 0.497 e. The molecule has 27 heavy (non-hydrogen) atoms. The van der Waals surface area contributed by atoms with Crippen molar-refractivity contribution < 1.29 is 26.0 Å². The zero-order valence-electron chi connectivity index (χ0n) is 14.9. The number of methoxy groups -OCH3 is 1. The molecule has 1 aliphatic heterocycles. The predicted octanol–water partition coefficient (Wildman–Crippen LogP) is 2.76. The highest BCUT2D eigenvalue weighted by Gasteiger charge is 2.36. The minimum Gasteiger partial charge on any atom is -0.497 e. The first-order valence-electron chi connectivity index (χ1n) is 8.30. The van der Waals surface area contributed by atoms with Crippen LogP contribution in [0.4, 0.5) is 4.39 Å². The standard InChI is InChI=1S/C18H20FNO5S2/c1-25-14-7-5-13(6-8-14)17-4-3-11-20(17)27(23,24)15-9-10-16(19)18(12-15)26(2,21)22/h5-10,12,17H,3-4,11H2,1-2H3/t17-/m1/s1. The smallest absolute Gasteiger partial charge is 0.243 e. The van der Waals surface area contributed by atoms with Gasteiger partial charge in [-0.3, -0.25) is 0 Å². The van der Waals surface area contributed by atoms with E-state index in [2.05, 4.69) is 0 Å². The molecular formula is C18H20FNO5S2. The summed E-state index contributed by atoms with van der Waals surface area (Å²) in [5, 5.41) is 0. The van der Waals surface area contributed by atoms with E-state index >= 15 is 0 Å². The fraction of sp³-hybridized carbons (Fsp3) is 0.333. The molecule has 1 aliphatic rings. The Morgan fingerprint density at radius 1 is 1.07 bits per heavy atom. The minimum atomic E-state index is -3.98. The Hall–Kier alpha value is -1.97. The molecule has 0 radical (unpaired) electrons. The van der Waals surface area contributed by atoms with Crippen LogP contribution in [0.3, 0.4) is 0 Å². The van der Waals surface area contributed by atoms with Gasteiger partial charge in [0.25, 0.3) is 0 Å². The molecule has 6 nitrogen and oxygen atoms in total. The van der Waals surface area contributed by atoms with Crippen molar-refractivity contribution in [2.24, 2.45) is 0 Å². The highest BCUT2D eigenvalue weighted by Crippen LogP contribution is 2.37. The van der Waals surface area contributed by atoms with E-state index in [1.807, 2.05) is 12.1 Å². The van der Waals surface area contributed by atoms with Gasteiger partial charge in [-0.05, 0) is 48.7 Å². The third-order valence-corrected chi connectivity index (χ3v) is 7.63. The number of halogens is 1. The second kappa shape index (κ2) is 7.21. The number of ether oxygens (including phenoxy) is 1. The van der Waals surface area contributed by atoms with Gasteiger partial charge in [-0.15, -0.1) is 0 Å². The van der Waals surface area contributed by atoms with Gasteiger partial charge in [-0.2, -0.15) is 4.31 Å². The van der Waals surface area contributed by atoms with E-state index < -0.39 is 30.6 Å². The van der Waals surface area contributed by atoms with Crippen LogP contribution in [-0.4, -0.2) is 41.1 Å². The first-order chi connectivity index (χ1) is 12.6. The lowest BCUT2D eigenvalue weighted by Gasteiger charge is -2.25. The van der Waals surface area contributed by atoms with Crippen molar-refractivity contribution in [2.75, 3.05) is 19.9 Å². The molecule has 1 saturated heterocycles. The summed E-state index contributed by atoms with van der Waals surface area (Å²) in [5.41, 5.74) is 0.822. The number of benzene rings is 2. The van der Waals surface area contributed by atoms with E-state index in [0.29, 0.717) is 25.1 Å². The molecule has 9 heteroatoms. The number of nitrogens with zero attached hydrogens (tertiary/aromatic N) is 1. The van der Waals surface area contributed by atoms with Crippen LogP contribution in [0.1, 0.15) is 24.4 Å². The lowest BCUT2D eigenvalue weighted by Crippen LogP contribution is -2.30. The first-order valence-corrected chi connectivity index (χ1v) is 11.6. The highest BCUT2D eigenvalue weighted by molar-refractivity contribution is 7.91. The number of rotatable bonds is 5. The number of sulfonamides is 1. The van der Waals surface area contributed by atoms with Crippen molar-refractivity contribution in [3.8, 4) is 5.75 Å². The molecule has 0 aliphatic carbocycles. The van der Waals surface area contributed by atoms with Crippen LogP contribution in [0.5, 0.6) is 5.75 Å². The molecule has 2 aromatic carbocycles.